The van der Waals surface area contributed by atoms with Gasteiger partial charge in [-0.2, -0.15) is 0 Å². The molecule has 0 aliphatic heterocycles. The smallest absolute Gasteiger partial charge is 0.0541 e. The monoisotopic (exact) mass is 812 g/mol. The molecule has 0 unspecified atom stereocenters. The average Bonchev–Trinajstić information content (AvgIpc) is 3.87. The minimum atomic E-state index is 1.15. The van der Waals surface area contributed by atoms with Crippen LogP contribution in [0.5, 0.6) is 0 Å². The summed E-state index contributed by atoms with van der Waals surface area (Å²) in [7, 11) is 0. The Bertz CT molecular complexity index is 3460. The quantitative estimate of drug-likeness (QED) is 0.148. The average molecular weight is 813 g/mol. The van der Waals surface area contributed by atoms with Gasteiger partial charge in [-0.05, 0) is 151 Å². The van der Waals surface area contributed by atoms with Crippen molar-refractivity contribution in [2.75, 3.05) is 0 Å². The molecular weight excluding hydrogens is 773 g/mol. The first-order chi connectivity index (χ1) is 31.7. The lowest BCUT2D eigenvalue weighted by Crippen LogP contribution is -1.95. The van der Waals surface area contributed by atoms with Gasteiger partial charge in [0.1, 0.15) is 0 Å². The molecule has 0 aliphatic carbocycles. The number of rotatable bonds is 6. The Morgan fingerprint density at radius 2 is 0.469 bits per heavy atom. The highest BCUT2D eigenvalue weighted by Crippen LogP contribution is 2.40. The second-order valence-corrected chi connectivity index (χ2v) is 17.0. The summed E-state index contributed by atoms with van der Waals surface area (Å²) in [6, 6.07) is 89.1. The van der Waals surface area contributed by atoms with Crippen LogP contribution in [0.4, 0.5) is 0 Å². The van der Waals surface area contributed by atoms with Crippen LogP contribution in [0.25, 0.3) is 121 Å². The van der Waals surface area contributed by atoms with E-state index in [4.69, 9.17) is 0 Å². The van der Waals surface area contributed by atoms with Crippen molar-refractivity contribution in [2.24, 2.45) is 0 Å². The zero-order chi connectivity index (χ0) is 42.1. The summed E-state index contributed by atoms with van der Waals surface area (Å²) in [5.74, 6) is 0. The first-order valence-electron chi connectivity index (χ1n) is 22.1. The number of benzene rings is 11. The molecule has 2 heteroatoms. The van der Waals surface area contributed by atoms with Gasteiger partial charge in [0.05, 0.1) is 22.1 Å². The number of nitrogens with zero attached hydrogens (tertiary/aromatic N) is 2. The normalized spacial score (nSPS) is 11.8. The molecule has 0 fully saturated rings. The predicted molar refractivity (Wildman–Crippen MR) is 272 cm³/mol. The van der Waals surface area contributed by atoms with Crippen LogP contribution >= 0.6 is 0 Å². The lowest BCUT2D eigenvalue weighted by atomic mass is 10.0. The van der Waals surface area contributed by atoms with Crippen LogP contribution in [-0.4, -0.2) is 9.13 Å². The fourth-order valence-corrected chi connectivity index (χ4v) is 10.1. The molecule has 2 nitrogen and oxygen atoms in total. The van der Waals surface area contributed by atoms with E-state index in [0.29, 0.717) is 0 Å². The Balaban J connectivity index is 0.947. The maximum atomic E-state index is 2.44. The molecule has 0 spiro atoms. The lowest BCUT2D eigenvalue weighted by Gasteiger charge is -2.13. The zero-order valence-electron chi connectivity index (χ0n) is 35.0. The van der Waals surface area contributed by atoms with Gasteiger partial charge in [0.25, 0.3) is 0 Å². The van der Waals surface area contributed by atoms with Crippen molar-refractivity contribution < 1.29 is 0 Å². The van der Waals surface area contributed by atoms with Gasteiger partial charge in [-0.25, -0.2) is 0 Å². The summed E-state index contributed by atoms with van der Waals surface area (Å²) in [5.41, 5.74) is 16.8. The Morgan fingerprint density at radius 3 is 0.750 bits per heavy atom. The van der Waals surface area contributed by atoms with Gasteiger partial charge in [0, 0.05) is 32.9 Å². The van der Waals surface area contributed by atoms with Crippen molar-refractivity contribution in [1.82, 2.24) is 9.13 Å². The molecule has 2 heterocycles. The van der Waals surface area contributed by atoms with E-state index in [1.54, 1.807) is 0 Å². The third-order valence-electron chi connectivity index (χ3n) is 13.2. The van der Waals surface area contributed by atoms with E-state index >= 15 is 0 Å². The summed E-state index contributed by atoms with van der Waals surface area (Å²) in [5, 5.41) is 9.86. The fourth-order valence-electron chi connectivity index (χ4n) is 10.1. The van der Waals surface area contributed by atoms with E-state index in [2.05, 4.69) is 252 Å². The summed E-state index contributed by atoms with van der Waals surface area (Å²) in [6.07, 6.45) is 0. The third kappa shape index (κ3) is 5.95. The fraction of sp³-hybridized carbons (Fsp3) is 0. The molecule has 0 saturated heterocycles. The number of hydrogen-bond acceptors (Lipinski definition) is 0. The largest absolute Gasteiger partial charge is 0.309 e. The van der Waals surface area contributed by atoms with E-state index < -0.39 is 0 Å². The minimum absolute atomic E-state index is 1.15. The van der Waals surface area contributed by atoms with Crippen molar-refractivity contribution in [3.8, 4) is 55.9 Å². The van der Waals surface area contributed by atoms with Gasteiger partial charge in [-0.1, -0.05) is 158 Å². The molecular formula is C62H40N2. The van der Waals surface area contributed by atoms with Crippen LogP contribution < -0.4 is 0 Å². The molecule has 0 radical (unpaired) electrons. The number of aromatic nitrogens is 2. The highest BCUT2D eigenvalue weighted by atomic mass is 15.0. The van der Waals surface area contributed by atoms with Crippen LogP contribution in [0.1, 0.15) is 0 Å². The lowest BCUT2D eigenvalue weighted by molar-refractivity contribution is 1.18. The van der Waals surface area contributed by atoms with Crippen LogP contribution in [0.3, 0.4) is 0 Å². The van der Waals surface area contributed by atoms with Crippen LogP contribution in [0.15, 0.2) is 243 Å². The molecule has 0 aliphatic rings. The molecule has 13 aromatic rings. The van der Waals surface area contributed by atoms with E-state index in [0.717, 1.165) is 11.4 Å². The van der Waals surface area contributed by atoms with Crippen molar-refractivity contribution in [1.29, 1.82) is 0 Å². The Labute approximate surface area is 371 Å². The summed E-state index contributed by atoms with van der Waals surface area (Å²) in [4.78, 5) is 0. The molecule has 0 N–H and O–H groups in total. The highest BCUT2D eigenvalue weighted by molar-refractivity contribution is 6.13. The molecule has 0 amide bonds. The second kappa shape index (κ2) is 14.6. The Hall–Kier alpha value is -8.46. The number of fused-ring (bicyclic) bond motifs is 8. The van der Waals surface area contributed by atoms with Gasteiger partial charge in [0.15, 0.2) is 0 Å². The molecule has 0 atom stereocenters. The van der Waals surface area contributed by atoms with E-state index in [9.17, 15) is 0 Å². The maximum Gasteiger partial charge on any atom is 0.0541 e. The molecule has 11 aromatic carbocycles. The third-order valence-corrected chi connectivity index (χ3v) is 13.2. The van der Waals surface area contributed by atoms with Gasteiger partial charge >= 0.3 is 0 Å². The maximum absolute atomic E-state index is 2.44. The van der Waals surface area contributed by atoms with Crippen molar-refractivity contribution in [3.05, 3.63) is 243 Å². The van der Waals surface area contributed by atoms with E-state index in [-0.39, 0.29) is 0 Å². The molecule has 0 saturated carbocycles. The first-order valence-corrected chi connectivity index (χ1v) is 22.1. The molecule has 64 heavy (non-hydrogen) atoms. The molecule has 298 valence electrons. The standard InChI is InChI=1S/C62H40N2/c1-5-13-41(14-6-1)47-23-29-59-55(37-47)56-38-48(42-15-7-2-8-16-42)24-30-60(56)63(59)53-27-21-45-34-52-36-54(28-22-46(52)33-51(45)35-53)64-61-31-25-49(43-17-9-3-10-18-43)39-57(61)58-40-50(26-32-62(58)64)44-19-11-4-12-20-44/h1-40H. The second-order valence-electron chi connectivity index (χ2n) is 17.0. The number of hydrogen-bond donors (Lipinski definition) is 0. The van der Waals surface area contributed by atoms with Gasteiger partial charge in [-0.15, -0.1) is 0 Å². The summed E-state index contributed by atoms with van der Waals surface area (Å²) < 4.78 is 4.88. The van der Waals surface area contributed by atoms with Crippen LogP contribution in [-0.2, 0) is 0 Å². The summed E-state index contributed by atoms with van der Waals surface area (Å²) in [6.45, 7) is 0. The summed E-state index contributed by atoms with van der Waals surface area (Å²) >= 11 is 0. The Morgan fingerprint density at radius 1 is 0.188 bits per heavy atom. The Kier molecular flexibility index (Phi) is 8.25. The first kappa shape index (κ1) is 36.2. The van der Waals surface area contributed by atoms with Gasteiger partial charge in [-0.3, -0.25) is 0 Å². The van der Waals surface area contributed by atoms with Crippen molar-refractivity contribution in [3.63, 3.8) is 0 Å². The van der Waals surface area contributed by atoms with Gasteiger partial charge < -0.3 is 9.13 Å². The van der Waals surface area contributed by atoms with Crippen LogP contribution in [0, 0.1) is 0 Å². The zero-order valence-corrected chi connectivity index (χ0v) is 35.0. The van der Waals surface area contributed by atoms with Gasteiger partial charge in [0.2, 0.25) is 0 Å². The van der Waals surface area contributed by atoms with E-state index in [1.165, 1.54) is 110 Å². The van der Waals surface area contributed by atoms with Crippen molar-refractivity contribution in [2.45, 2.75) is 0 Å². The van der Waals surface area contributed by atoms with E-state index in [1.807, 2.05) is 0 Å². The van der Waals surface area contributed by atoms with Crippen LogP contribution in [0.2, 0.25) is 0 Å². The topological polar surface area (TPSA) is 9.86 Å². The molecule has 0 bridgehead atoms. The minimum Gasteiger partial charge on any atom is -0.309 e. The molecule has 2 aromatic heterocycles. The van der Waals surface area contributed by atoms with Crippen molar-refractivity contribution >= 4 is 65.2 Å². The highest BCUT2D eigenvalue weighted by Gasteiger charge is 2.18. The molecule has 13 rings (SSSR count). The SMILES string of the molecule is c1ccc(-c2ccc3c(c2)c2cc(-c4ccccc4)ccc2n3-c2ccc3cc4cc(-n5c6ccc(-c7ccccc7)cc6c6cc(-c7ccccc7)ccc65)ccc4cc3c2)cc1. The predicted octanol–water partition coefficient (Wildman–Crippen LogP) is 16.9.